The van der Waals surface area contributed by atoms with Gasteiger partial charge >= 0.3 is 5.97 Å². The van der Waals surface area contributed by atoms with Crippen molar-refractivity contribution >= 4 is 5.97 Å². The second-order valence-corrected chi connectivity index (χ2v) is 3.81. The summed E-state index contributed by atoms with van der Waals surface area (Å²) in [6.07, 6.45) is 7.69. The van der Waals surface area contributed by atoms with Crippen molar-refractivity contribution in [3.8, 4) is 0 Å². The Labute approximate surface area is 93.0 Å². The Morgan fingerprint density at radius 3 is 2.67 bits per heavy atom. The molecule has 0 spiro atoms. The van der Waals surface area contributed by atoms with Gasteiger partial charge in [-0.05, 0) is 26.2 Å². The lowest BCUT2D eigenvalue weighted by molar-refractivity contribution is -0.144. The minimum atomic E-state index is -0.115. The normalized spacial score (nSPS) is 14.3. The van der Waals surface area contributed by atoms with Gasteiger partial charge < -0.3 is 4.74 Å². The average molecular weight is 210 g/mol. The van der Waals surface area contributed by atoms with E-state index in [4.69, 9.17) is 4.74 Å². The summed E-state index contributed by atoms with van der Waals surface area (Å²) in [5.74, 6) is 0.275. The van der Waals surface area contributed by atoms with Crippen LogP contribution in [0.5, 0.6) is 0 Å². The Morgan fingerprint density at radius 1 is 1.47 bits per heavy atom. The molecule has 2 nitrogen and oxygen atoms in total. The lowest BCUT2D eigenvalue weighted by atomic mass is 10.1. The molecule has 1 atom stereocenters. The maximum absolute atomic E-state index is 10.9. The summed E-state index contributed by atoms with van der Waals surface area (Å²) in [5.41, 5.74) is 1.26. The molecule has 2 heteroatoms. The fourth-order valence-electron chi connectivity index (χ4n) is 0.988. The number of hydrogen-bond donors (Lipinski definition) is 0. The predicted octanol–water partition coefficient (Wildman–Crippen LogP) is 3.49. The molecular formula is C13H22O2. The lowest BCUT2D eigenvalue weighted by Gasteiger charge is -2.08. The average Bonchev–Trinajstić information content (AvgIpc) is 2.25. The molecule has 0 saturated carbocycles. The molecule has 0 aliphatic heterocycles. The number of carbonyl (C=O) groups excluding carboxylic acids is 1. The van der Waals surface area contributed by atoms with E-state index in [9.17, 15) is 4.79 Å². The molecule has 15 heavy (non-hydrogen) atoms. The first-order chi connectivity index (χ1) is 7.10. The second kappa shape index (κ2) is 8.27. The van der Waals surface area contributed by atoms with Gasteiger partial charge in [-0.25, -0.2) is 0 Å². The first-order valence-electron chi connectivity index (χ1n) is 5.55. The van der Waals surface area contributed by atoms with Gasteiger partial charge in [0.05, 0.1) is 6.61 Å². The van der Waals surface area contributed by atoms with Crippen molar-refractivity contribution in [2.24, 2.45) is 5.92 Å². The molecule has 0 aromatic rings. The molecule has 0 aromatic heterocycles. The molecule has 0 aliphatic carbocycles. The number of rotatable bonds is 6. The van der Waals surface area contributed by atoms with Gasteiger partial charge in [0.2, 0.25) is 0 Å². The summed E-state index contributed by atoms with van der Waals surface area (Å²) in [6.45, 7) is 8.50. The highest BCUT2D eigenvalue weighted by Crippen LogP contribution is 2.06. The Hall–Kier alpha value is -1.05. The molecule has 0 rings (SSSR count). The van der Waals surface area contributed by atoms with Crippen LogP contribution in [0.3, 0.4) is 0 Å². The van der Waals surface area contributed by atoms with E-state index in [0.717, 1.165) is 6.42 Å². The van der Waals surface area contributed by atoms with Crippen molar-refractivity contribution in [3.63, 3.8) is 0 Å². The Kier molecular flexibility index (Phi) is 7.69. The summed E-state index contributed by atoms with van der Waals surface area (Å²) >= 11 is 0. The predicted molar refractivity (Wildman–Crippen MR) is 63.6 cm³/mol. The van der Waals surface area contributed by atoms with Crippen LogP contribution >= 0.6 is 0 Å². The zero-order chi connectivity index (χ0) is 11.7. The van der Waals surface area contributed by atoms with Gasteiger partial charge in [0.25, 0.3) is 0 Å². The molecule has 0 heterocycles. The van der Waals surface area contributed by atoms with Crippen molar-refractivity contribution < 1.29 is 9.53 Å². The van der Waals surface area contributed by atoms with Crippen LogP contribution in [0.25, 0.3) is 0 Å². The fourth-order valence-corrected chi connectivity index (χ4v) is 0.988. The van der Waals surface area contributed by atoms with E-state index >= 15 is 0 Å². The van der Waals surface area contributed by atoms with Gasteiger partial charge in [-0.3, -0.25) is 4.79 Å². The summed E-state index contributed by atoms with van der Waals surface area (Å²) < 4.78 is 5.05. The topological polar surface area (TPSA) is 26.3 Å². The minimum Gasteiger partial charge on any atom is -0.465 e. The third-order valence-electron chi connectivity index (χ3n) is 2.19. The van der Waals surface area contributed by atoms with Gasteiger partial charge in [0, 0.05) is 6.42 Å². The zero-order valence-electron chi connectivity index (χ0n) is 10.2. The maximum Gasteiger partial charge on any atom is 0.305 e. The number of ether oxygens (including phenoxy) is 1. The molecule has 0 radical (unpaired) electrons. The summed E-state index contributed by atoms with van der Waals surface area (Å²) in [4.78, 5) is 10.9. The van der Waals surface area contributed by atoms with Gasteiger partial charge in [-0.15, -0.1) is 0 Å². The van der Waals surface area contributed by atoms with Gasteiger partial charge in [0.15, 0.2) is 0 Å². The summed E-state index contributed by atoms with van der Waals surface area (Å²) in [7, 11) is 0. The highest BCUT2D eigenvalue weighted by Gasteiger charge is 2.03. The van der Waals surface area contributed by atoms with Crippen LogP contribution in [-0.4, -0.2) is 12.6 Å². The molecule has 86 valence electrons. The van der Waals surface area contributed by atoms with Gasteiger partial charge in [-0.1, -0.05) is 37.6 Å². The molecule has 0 saturated heterocycles. The molecular weight excluding hydrogens is 188 g/mol. The third kappa shape index (κ3) is 7.98. The van der Waals surface area contributed by atoms with E-state index in [2.05, 4.69) is 32.1 Å². The number of hydrogen-bond acceptors (Lipinski definition) is 2. The van der Waals surface area contributed by atoms with E-state index in [0.29, 0.717) is 18.9 Å². The highest BCUT2D eigenvalue weighted by molar-refractivity contribution is 5.68. The smallest absolute Gasteiger partial charge is 0.305 e. The molecule has 0 N–H and O–H groups in total. The van der Waals surface area contributed by atoms with E-state index in [1.807, 2.05) is 13.8 Å². The lowest BCUT2D eigenvalue weighted by Crippen LogP contribution is -2.10. The largest absolute Gasteiger partial charge is 0.465 e. The molecule has 0 aliphatic rings. The third-order valence-corrected chi connectivity index (χ3v) is 2.19. The Balaban J connectivity index is 3.70. The quantitative estimate of drug-likeness (QED) is 0.495. The van der Waals surface area contributed by atoms with Gasteiger partial charge in [-0.2, -0.15) is 0 Å². The van der Waals surface area contributed by atoms with E-state index in [1.54, 1.807) is 0 Å². The SMILES string of the molecule is C/C=C(C)/C=C/CC(C)COC(=O)CC. The van der Waals surface area contributed by atoms with Crippen molar-refractivity contribution in [1.29, 1.82) is 0 Å². The first-order valence-corrected chi connectivity index (χ1v) is 5.55. The first kappa shape index (κ1) is 13.9. The van der Waals surface area contributed by atoms with Crippen LogP contribution in [0.15, 0.2) is 23.8 Å². The van der Waals surface area contributed by atoms with Crippen LogP contribution in [-0.2, 0) is 9.53 Å². The summed E-state index contributed by atoms with van der Waals surface area (Å²) in [6, 6.07) is 0. The molecule has 1 unspecified atom stereocenters. The fraction of sp³-hybridized carbons (Fsp3) is 0.615. The Morgan fingerprint density at radius 2 is 2.13 bits per heavy atom. The second-order valence-electron chi connectivity index (χ2n) is 3.81. The monoisotopic (exact) mass is 210 g/mol. The Bertz CT molecular complexity index is 239. The van der Waals surface area contributed by atoms with Crippen molar-refractivity contribution in [1.82, 2.24) is 0 Å². The number of esters is 1. The van der Waals surface area contributed by atoms with E-state index in [1.165, 1.54) is 5.57 Å². The van der Waals surface area contributed by atoms with Crippen LogP contribution < -0.4 is 0 Å². The molecule has 0 aromatic carbocycles. The van der Waals surface area contributed by atoms with Crippen LogP contribution in [0, 0.1) is 5.92 Å². The summed E-state index contributed by atoms with van der Waals surface area (Å²) in [5, 5.41) is 0. The standard InChI is InChI=1S/C13H22O2/c1-5-11(3)8-7-9-12(4)10-15-13(14)6-2/h5,7-8,12H,6,9-10H2,1-4H3/b8-7+,11-5+. The van der Waals surface area contributed by atoms with E-state index in [-0.39, 0.29) is 5.97 Å². The van der Waals surface area contributed by atoms with E-state index < -0.39 is 0 Å². The maximum atomic E-state index is 10.9. The van der Waals surface area contributed by atoms with Crippen molar-refractivity contribution in [3.05, 3.63) is 23.8 Å². The molecule has 0 bridgehead atoms. The minimum absolute atomic E-state index is 0.115. The highest BCUT2D eigenvalue weighted by atomic mass is 16.5. The van der Waals surface area contributed by atoms with Crippen LogP contribution in [0.1, 0.15) is 40.5 Å². The number of allylic oxidation sites excluding steroid dienone is 4. The van der Waals surface area contributed by atoms with Crippen LogP contribution in [0.2, 0.25) is 0 Å². The van der Waals surface area contributed by atoms with Crippen molar-refractivity contribution in [2.45, 2.75) is 40.5 Å². The van der Waals surface area contributed by atoms with Gasteiger partial charge in [0.1, 0.15) is 0 Å². The zero-order valence-corrected chi connectivity index (χ0v) is 10.2. The molecule has 0 amide bonds. The number of carbonyl (C=O) groups is 1. The van der Waals surface area contributed by atoms with Crippen LogP contribution in [0.4, 0.5) is 0 Å². The van der Waals surface area contributed by atoms with Crippen molar-refractivity contribution in [2.75, 3.05) is 6.61 Å². The molecule has 0 fully saturated rings.